The van der Waals surface area contributed by atoms with Gasteiger partial charge in [-0.25, -0.2) is 4.79 Å². The molecule has 2 aliphatic heterocycles. The lowest BCUT2D eigenvalue weighted by molar-refractivity contribution is -0.192. The number of carboxylic acids is 1. The first-order valence-electron chi connectivity index (χ1n) is 10.8. The van der Waals surface area contributed by atoms with Gasteiger partial charge in [0.05, 0.1) is 5.41 Å². The molecule has 31 heavy (non-hydrogen) atoms. The molecule has 3 fully saturated rings. The number of likely N-dealkylation sites (tertiary alicyclic amines) is 2. The van der Waals surface area contributed by atoms with Crippen LogP contribution < -0.4 is 5.32 Å². The number of nitrogens with zero attached hydrogens (tertiary/aromatic N) is 2. The second-order valence-corrected chi connectivity index (χ2v) is 9.68. The molecule has 0 aromatic rings. The maximum atomic E-state index is 13.1. The summed E-state index contributed by atoms with van der Waals surface area (Å²) in [5.74, 6) is -1.37. The summed E-state index contributed by atoms with van der Waals surface area (Å²) in [4.78, 5) is 38.0. The van der Waals surface area contributed by atoms with Crippen LogP contribution in [0.2, 0.25) is 0 Å². The van der Waals surface area contributed by atoms with E-state index in [1.165, 1.54) is 0 Å². The molecular formula is C21H34F3N3O4. The van der Waals surface area contributed by atoms with Crippen molar-refractivity contribution < 1.29 is 32.7 Å². The van der Waals surface area contributed by atoms with Crippen molar-refractivity contribution in [3.8, 4) is 0 Å². The zero-order valence-corrected chi connectivity index (χ0v) is 18.7. The van der Waals surface area contributed by atoms with Gasteiger partial charge in [-0.3, -0.25) is 9.59 Å². The highest BCUT2D eigenvalue weighted by molar-refractivity contribution is 5.84. The van der Waals surface area contributed by atoms with E-state index in [1.807, 2.05) is 4.90 Å². The summed E-state index contributed by atoms with van der Waals surface area (Å²) in [6.07, 6.45) is -0.813. The number of nitrogens with one attached hydrogen (secondary N) is 1. The SMILES string of the molecule is CC(=O)N1CCC2(CC1)CC[C@@]1(C(=O)NCC(C)C)CN(C)C[C@@H]21.O=C(O)C(F)(F)F. The molecule has 3 aliphatic rings. The molecule has 178 valence electrons. The third kappa shape index (κ3) is 5.51. The van der Waals surface area contributed by atoms with Crippen LogP contribution in [0.5, 0.6) is 0 Å². The van der Waals surface area contributed by atoms with E-state index in [2.05, 4.69) is 31.1 Å². The largest absolute Gasteiger partial charge is 0.490 e. The van der Waals surface area contributed by atoms with E-state index in [4.69, 9.17) is 9.90 Å². The maximum Gasteiger partial charge on any atom is 0.490 e. The van der Waals surface area contributed by atoms with Crippen molar-refractivity contribution >= 4 is 17.8 Å². The minimum absolute atomic E-state index is 0.187. The number of alkyl halides is 3. The number of amides is 2. The van der Waals surface area contributed by atoms with Crippen LogP contribution in [0.3, 0.4) is 0 Å². The smallest absolute Gasteiger partial charge is 0.475 e. The summed E-state index contributed by atoms with van der Waals surface area (Å²) < 4.78 is 31.7. The highest BCUT2D eigenvalue weighted by Gasteiger charge is 2.63. The topological polar surface area (TPSA) is 90.0 Å². The van der Waals surface area contributed by atoms with Crippen molar-refractivity contribution in [1.82, 2.24) is 15.1 Å². The van der Waals surface area contributed by atoms with E-state index < -0.39 is 12.1 Å². The Hall–Kier alpha value is -1.84. The molecule has 0 aromatic heterocycles. The predicted octanol–water partition coefficient (Wildman–Crippen LogP) is 2.36. The zero-order valence-electron chi connectivity index (χ0n) is 18.7. The summed E-state index contributed by atoms with van der Waals surface area (Å²) in [6.45, 7) is 10.4. The summed E-state index contributed by atoms with van der Waals surface area (Å²) in [5, 5.41) is 10.4. The number of fused-ring (bicyclic) bond motifs is 2. The van der Waals surface area contributed by atoms with E-state index in [-0.39, 0.29) is 22.6 Å². The molecule has 1 saturated carbocycles. The molecule has 2 atom stereocenters. The molecule has 2 heterocycles. The number of rotatable bonds is 3. The minimum Gasteiger partial charge on any atom is -0.475 e. The van der Waals surface area contributed by atoms with Crippen molar-refractivity contribution in [3.63, 3.8) is 0 Å². The van der Waals surface area contributed by atoms with Crippen LogP contribution in [0.1, 0.15) is 46.5 Å². The number of carbonyl (C=O) groups is 3. The van der Waals surface area contributed by atoms with Crippen molar-refractivity contribution in [2.75, 3.05) is 39.8 Å². The molecule has 3 rings (SSSR count). The average molecular weight is 450 g/mol. The number of carbonyl (C=O) groups excluding carboxylic acids is 2. The second kappa shape index (κ2) is 9.34. The molecule has 1 aliphatic carbocycles. The first kappa shape index (κ1) is 25.4. The summed E-state index contributed by atoms with van der Waals surface area (Å²) in [5.41, 5.74) is 0.0495. The van der Waals surface area contributed by atoms with Crippen LogP contribution in [0.15, 0.2) is 0 Å². The number of halogens is 3. The lowest BCUT2D eigenvalue weighted by Crippen LogP contribution is -2.50. The second-order valence-electron chi connectivity index (χ2n) is 9.68. The van der Waals surface area contributed by atoms with Crippen molar-refractivity contribution in [1.29, 1.82) is 0 Å². The van der Waals surface area contributed by atoms with E-state index in [0.717, 1.165) is 58.4 Å². The lowest BCUT2D eigenvalue weighted by Gasteiger charge is -2.44. The van der Waals surface area contributed by atoms with Crippen LogP contribution in [0, 0.1) is 22.7 Å². The Bertz CT molecular complexity index is 690. The normalized spacial score (nSPS) is 27.6. The molecule has 2 saturated heterocycles. The van der Waals surface area contributed by atoms with E-state index in [1.54, 1.807) is 6.92 Å². The third-order valence-electron chi connectivity index (χ3n) is 7.09. The predicted molar refractivity (Wildman–Crippen MR) is 108 cm³/mol. The Morgan fingerprint density at radius 3 is 2.13 bits per heavy atom. The van der Waals surface area contributed by atoms with Gasteiger partial charge in [-0.15, -0.1) is 0 Å². The van der Waals surface area contributed by atoms with Crippen LogP contribution in [-0.4, -0.2) is 78.6 Å². The van der Waals surface area contributed by atoms with Gasteiger partial charge in [0.15, 0.2) is 0 Å². The van der Waals surface area contributed by atoms with Gasteiger partial charge >= 0.3 is 12.1 Å². The fourth-order valence-electron chi connectivity index (χ4n) is 5.50. The van der Waals surface area contributed by atoms with Gasteiger partial charge in [0, 0.05) is 39.6 Å². The fraction of sp³-hybridized carbons (Fsp3) is 0.857. The van der Waals surface area contributed by atoms with E-state index >= 15 is 0 Å². The highest BCUT2D eigenvalue weighted by Crippen LogP contribution is 2.61. The van der Waals surface area contributed by atoms with Gasteiger partial charge < -0.3 is 20.2 Å². The van der Waals surface area contributed by atoms with Crippen molar-refractivity contribution in [2.45, 2.75) is 52.6 Å². The van der Waals surface area contributed by atoms with Crippen molar-refractivity contribution in [2.24, 2.45) is 22.7 Å². The van der Waals surface area contributed by atoms with Gasteiger partial charge in [-0.2, -0.15) is 13.2 Å². The Morgan fingerprint density at radius 2 is 1.68 bits per heavy atom. The first-order chi connectivity index (χ1) is 14.2. The Balaban J connectivity index is 0.000000423. The Kier molecular flexibility index (Phi) is 7.66. The average Bonchev–Trinajstić information content (AvgIpc) is 3.15. The molecule has 7 nitrogen and oxygen atoms in total. The molecule has 0 unspecified atom stereocenters. The summed E-state index contributed by atoms with van der Waals surface area (Å²) in [6, 6.07) is 0. The molecule has 10 heteroatoms. The molecule has 1 spiro atoms. The van der Waals surface area contributed by atoms with Crippen LogP contribution >= 0.6 is 0 Å². The van der Waals surface area contributed by atoms with E-state index in [0.29, 0.717) is 11.8 Å². The number of hydrogen-bond donors (Lipinski definition) is 2. The number of piperidine rings is 1. The lowest BCUT2D eigenvalue weighted by atomic mass is 9.65. The van der Waals surface area contributed by atoms with Gasteiger partial charge in [0.25, 0.3) is 0 Å². The molecule has 0 radical (unpaired) electrons. The Labute approximate surface area is 181 Å². The monoisotopic (exact) mass is 449 g/mol. The van der Waals surface area contributed by atoms with E-state index in [9.17, 15) is 22.8 Å². The molecule has 2 N–H and O–H groups in total. The Morgan fingerprint density at radius 1 is 1.13 bits per heavy atom. The number of aliphatic carboxylic acids is 1. The van der Waals surface area contributed by atoms with Crippen LogP contribution in [0.4, 0.5) is 13.2 Å². The minimum atomic E-state index is -5.08. The van der Waals surface area contributed by atoms with Crippen LogP contribution in [-0.2, 0) is 14.4 Å². The molecule has 2 amide bonds. The third-order valence-corrected chi connectivity index (χ3v) is 7.09. The summed E-state index contributed by atoms with van der Waals surface area (Å²) in [7, 11) is 2.15. The summed E-state index contributed by atoms with van der Waals surface area (Å²) >= 11 is 0. The first-order valence-corrected chi connectivity index (χ1v) is 10.8. The van der Waals surface area contributed by atoms with Gasteiger partial charge in [-0.05, 0) is 50.0 Å². The number of carboxylic acid groups (broad SMARTS) is 1. The van der Waals surface area contributed by atoms with Crippen molar-refractivity contribution in [3.05, 3.63) is 0 Å². The zero-order chi connectivity index (χ0) is 23.6. The molecule has 0 aromatic carbocycles. The van der Waals surface area contributed by atoms with Crippen LogP contribution in [0.25, 0.3) is 0 Å². The standard InChI is InChI=1S/C19H33N3O2.C2HF3O2/c1-14(2)11-20-17(24)19-6-5-18(16(19)12-21(4)13-19)7-9-22(10-8-18)15(3)23;3-2(4,5)1(6)7/h14,16H,5-13H2,1-4H3,(H,20,24);(H,6,7)/t16-,19+;/m0./s1. The van der Waals surface area contributed by atoms with Gasteiger partial charge in [0.2, 0.25) is 11.8 Å². The number of hydrogen-bond acceptors (Lipinski definition) is 4. The molecule has 0 bridgehead atoms. The molecular weight excluding hydrogens is 415 g/mol. The maximum absolute atomic E-state index is 13.1. The van der Waals surface area contributed by atoms with Gasteiger partial charge in [0.1, 0.15) is 0 Å². The quantitative estimate of drug-likeness (QED) is 0.691. The fourth-order valence-corrected chi connectivity index (χ4v) is 5.50. The highest BCUT2D eigenvalue weighted by atomic mass is 19.4. The van der Waals surface area contributed by atoms with Gasteiger partial charge in [-0.1, -0.05) is 13.8 Å².